The first kappa shape index (κ1) is 11.4. The van der Waals surface area contributed by atoms with E-state index in [1.54, 1.807) is 0 Å². The summed E-state index contributed by atoms with van der Waals surface area (Å²) in [7, 11) is 0. The van der Waals surface area contributed by atoms with Crippen LogP contribution in [0.3, 0.4) is 0 Å². The van der Waals surface area contributed by atoms with Gasteiger partial charge in [-0.2, -0.15) is 0 Å². The van der Waals surface area contributed by atoms with E-state index in [4.69, 9.17) is 23.2 Å². The molecule has 4 heteroatoms. The van der Waals surface area contributed by atoms with Gasteiger partial charge in [0.15, 0.2) is 0 Å². The second-order valence-electron chi connectivity index (χ2n) is 4.72. The van der Waals surface area contributed by atoms with E-state index in [-0.39, 0.29) is 0 Å². The fraction of sp³-hybridized carbons (Fsp3) is 0.462. The van der Waals surface area contributed by atoms with Gasteiger partial charge in [0.2, 0.25) is 0 Å². The van der Waals surface area contributed by atoms with Gasteiger partial charge in [-0.3, -0.25) is 0 Å². The van der Waals surface area contributed by atoms with Crippen LogP contribution in [-0.2, 0) is 5.88 Å². The Morgan fingerprint density at radius 1 is 1.47 bits per heavy atom. The molecule has 0 aliphatic heterocycles. The summed E-state index contributed by atoms with van der Waals surface area (Å²) in [5.41, 5.74) is 1.98. The monoisotopic (exact) mass is 268 g/mol. The number of hydrogen-bond acceptors (Lipinski definition) is 1. The molecule has 2 aromatic rings. The van der Waals surface area contributed by atoms with E-state index in [2.05, 4.69) is 22.5 Å². The highest BCUT2D eigenvalue weighted by Gasteiger charge is 2.31. The van der Waals surface area contributed by atoms with E-state index in [0.29, 0.717) is 16.9 Å². The molecular weight excluding hydrogens is 255 g/mol. The molecule has 1 aromatic heterocycles. The van der Waals surface area contributed by atoms with Gasteiger partial charge < -0.3 is 4.57 Å². The van der Waals surface area contributed by atoms with Crippen LogP contribution < -0.4 is 0 Å². The summed E-state index contributed by atoms with van der Waals surface area (Å²) in [5.74, 6) is 2.13. The van der Waals surface area contributed by atoms with Gasteiger partial charge in [-0.15, -0.1) is 11.6 Å². The lowest BCUT2D eigenvalue weighted by Gasteiger charge is -2.16. The van der Waals surface area contributed by atoms with Crippen molar-refractivity contribution in [3.63, 3.8) is 0 Å². The maximum Gasteiger partial charge on any atom is 0.125 e. The maximum atomic E-state index is 6.18. The Labute approximate surface area is 111 Å². The quantitative estimate of drug-likeness (QED) is 0.755. The van der Waals surface area contributed by atoms with Crippen molar-refractivity contribution in [1.29, 1.82) is 0 Å². The summed E-state index contributed by atoms with van der Waals surface area (Å²) >= 11 is 12.2. The van der Waals surface area contributed by atoms with Crippen LogP contribution in [-0.4, -0.2) is 9.55 Å². The van der Waals surface area contributed by atoms with Crippen LogP contribution in [0.1, 0.15) is 31.6 Å². The molecule has 0 N–H and O–H groups in total. The number of fused-ring (bicyclic) bond motifs is 1. The molecule has 1 aliphatic carbocycles. The van der Waals surface area contributed by atoms with Crippen molar-refractivity contribution < 1.29 is 0 Å². The zero-order valence-electron chi connectivity index (χ0n) is 9.66. The van der Waals surface area contributed by atoms with Crippen LogP contribution in [0.15, 0.2) is 18.2 Å². The zero-order valence-corrected chi connectivity index (χ0v) is 11.2. The topological polar surface area (TPSA) is 17.8 Å². The van der Waals surface area contributed by atoms with Gasteiger partial charge in [-0.05, 0) is 37.8 Å². The minimum atomic E-state index is 0.433. The fourth-order valence-corrected chi connectivity index (χ4v) is 2.87. The molecule has 1 saturated carbocycles. The molecule has 1 heterocycles. The molecule has 1 aliphatic rings. The lowest BCUT2D eigenvalue weighted by atomic mass is 10.2. The average Bonchev–Trinajstić information content (AvgIpc) is 3.09. The Hall–Kier alpha value is -0.730. The lowest BCUT2D eigenvalue weighted by molar-refractivity contribution is 0.486. The number of para-hydroxylation sites is 1. The average molecular weight is 269 g/mol. The van der Waals surface area contributed by atoms with Crippen LogP contribution in [0.4, 0.5) is 0 Å². The summed E-state index contributed by atoms with van der Waals surface area (Å²) < 4.78 is 2.26. The van der Waals surface area contributed by atoms with Gasteiger partial charge in [0.25, 0.3) is 0 Å². The number of aromatic nitrogens is 2. The summed E-state index contributed by atoms with van der Waals surface area (Å²) in [4.78, 5) is 4.56. The van der Waals surface area contributed by atoms with Crippen molar-refractivity contribution in [2.24, 2.45) is 5.92 Å². The Morgan fingerprint density at radius 3 is 2.88 bits per heavy atom. The smallest absolute Gasteiger partial charge is 0.125 e. The third-order valence-corrected chi connectivity index (χ3v) is 4.12. The van der Waals surface area contributed by atoms with Crippen LogP contribution in [0, 0.1) is 5.92 Å². The van der Waals surface area contributed by atoms with Gasteiger partial charge in [0, 0.05) is 6.04 Å². The van der Waals surface area contributed by atoms with Crippen LogP contribution in [0.25, 0.3) is 11.0 Å². The predicted octanol–water partition coefficient (Wildman–Crippen LogP) is 4.40. The maximum absolute atomic E-state index is 6.18. The molecule has 0 radical (unpaired) electrons. The molecule has 90 valence electrons. The highest BCUT2D eigenvalue weighted by Crippen LogP contribution is 2.41. The molecule has 0 amide bonds. The number of nitrogens with zero attached hydrogens (tertiary/aromatic N) is 2. The van der Waals surface area contributed by atoms with E-state index in [0.717, 1.165) is 22.8 Å². The van der Waals surface area contributed by atoms with Crippen molar-refractivity contribution in [3.8, 4) is 0 Å². The Morgan fingerprint density at radius 2 is 2.24 bits per heavy atom. The second kappa shape index (κ2) is 4.18. The highest BCUT2D eigenvalue weighted by molar-refractivity contribution is 6.35. The van der Waals surface area contributed by atoms with E-state index in [1.807, 2.05) is 12.1 Å². The number of alkyl halides is 1. The predicted molar refractivity (Wildman–Crippen MR) is 71.7 cm³/mol. The normalized spacial score (nSPS) is 17.6. The van der Waals surface area contributed by atoms with E-state index in [1.165, 1.54) is 12.8 Å². The first-order chi connectivity index (χ1) is 8.22. The van der Waals surface area contributed by atoms with Crippen molar-refractivity contribution in [3.05, 3.63) is 29.0 Å². The third-order valence-electron chi connectivity index (χ3n) is 3.57. The van der Waals surface area contributed by atoms with E-state index >= 15 is 0 Å². The van der Waals surface area contributed by atoms with E-state index < -0.39 is 0 Å². The molecule has 1 unspecified atom stereocenters. The minimum absolute atomic E-state index is 0.433. The van der Waals surface area contributed by atoms with Crippen molar-refractivity contribution >= 4 is 34.2 Å². The fourth-order valence-electron chi connectivity index (χ4n) is 2.47. The molecule has 1 aromatic carbocycles. The molecule has 17 heavy (non-hydrogen) atoms. The summed E-state index contributed by atoms with van der Waals surface area (Å²) in [6, 6.07) is 6.39. The summed E-state index contributed by atoms with van der Waals surface area (Å²) in [5, 5.41) is 0.704. The van der Waals surface area contributed by atoms with Crippen molar-refractivity contribution in [2.75, 3.05) is 0 Å². The molecular formula is C13H14Cl2N2. The molecule has 1 fully saturated rings. The van der Waals surface area contributed by atoms with E-state index in [9.17, 15) is 0 Å². The molecule has 3 rings (SSSR count). The molecule has 0 bridgehead atoms. The van der Waals surface area contributed by atoms with Crippen molar-refractivity contribution in [1.82, 2.24) is 9.55 Å². The molecule has 1 atom stereocenters. The SMILES string of the molecule is CC(C1CC1)n1c(CCl)nc2c(Cl)cccc21. The molecule has 0 spiro atoms. The third kappa shape index (κ3) is 1.84. The van der Waals surface area contributed by atoms with Crippen LogP contribution >= 0.6 is 23.2 Å². The Bertz CT molecular complexity index is 558. The van der Waals surface area contributed by atoms with Gasteiger partial charge in [0.05, 0.1) is 16.4 Å². The second-order valence-corrected chi connectivity index (χ2v) is 5.39. The van der Waals surface area contributed by atoms with Gasteiger partial charge in [0.1, 0.15) is 11.3 Å². The summed E-state index contributed by atoms with van der Waals surface area (Å²) in [6.45, 7) is 2.25. The largest absolute Gasteiger partial charge is 0.324 e. The number of rotatable bonds is 3. The Kier molecular flexibility index (Phi) is 2.80. The molecule has 0 saturated heterocycles. The zero-order chi connectivity index (χ0) is 12.0. The van der Waals surface area contributed by atoms with Crippen molar-refractivity contribution in [2.45, 2.75) is 31.7 Å². The van der Waals surface area contributed by atoms with Gasteiger partial charge in [-0.25, -0.2) is 4.98 Å². The highest BCUT2D eigenvalue weighted by atomic mass is 35.5. The first-order valence-electron chi connectivity index (χ1n) is 5.93. The lowest BCUT2D eigenvalue weighted by Crippen LogP contribution is -2.10. The number of benzene rings is 1. The number of imidazole rings is 1. The number of halogens is 2. The minimum Gasteiger partial charge on any atom is -0.324 e. The van der Waals surface area contributed by atoms with Gasteiger partial charge in [-0.1, -0.05) is 17.7 Å². The van der Waals surface area contributed by atoms with Gasteiger partial charge >= 0.3 is 0 Å². The Balaban J connectivity index is 2.22. The summed E-state index contributed by atoms with van der Waals surface area (Å²) in [6.07, 6.45) is 2.62. The molecule has 2 nitrogen and oxygen atoms in total. The van der Waals surface area contributed by atoms with Crippen LogP contribution in [0.5, 0.6) is 0 Å². The standard InChI is InChI=1S/C13H14Cl2N2/c1-8(9-5-6-9)17-11-4-2-3-10(15)13(11)16-12(17)7-14/h2-4,8-9H,5-7H2,1H3. The number of hydrogen-bond donors (Lipinski definition) is 0. The first-order valence-corrected chi connectivity index (χ1v) is 6.85. The van der Waals surface area contributed by atoms with Crippen LogP contribution in [0.2, 0.25) is 5.02 Å².